The van der Waals surface area contributed by atoms with Gasteiger partial charge >= 0.3 is 5.97 Å². The number of hydrogen-bond acceptors (Lipinski definition) is 6. The number of carboxylic acid groups (broad SMARTS) is 1. The molecule has 0 radical (unpaired) electrons. The summed E-state index contributed by atoms with van der Waals surface area (Å²) in [6.45, 7) is 0. The van der Waals surface area contributed by atoms with Gasteiger partial charge in [-0.25, -0.2) is 0 Å². The van der Waals surface area contributed by atoms with Crippen molar-refractivity contribution >= 4 is 28.2 Å². The number of carbonyl (C=O) groups is 2. The Morgan fingerprint density at radius 3 is 2.53 bits per heavy atom. The van der Waals surface area contributed by atoms with Crippen LogP contribution in [-0.4, -0.2) is 27.1 Å². The van der Waals surface area contributed by atoms with Crippen molar-refractivity contribution in [3.63, 3.8) is 0 Å². The number of hydrogen-bond donors (Lipinski definition) is 2. The van der Waals surface area contributed by atoms with Crippen molar-refractivity contribution < 1.29 is 19.2 Å². The first-order chi connectivity index (χ1) is 14.6. The Morgan fingerprint density at radius 1 is 1.00 bits per heavy atom. The van der Waals surface area contributed by atoms with Crippen molar-refractivity contribution in [3.8, 4) is 11.5 Å². The van der Waals surface area contributed by atoms with E-state index in [9.17, 15) is 14.7 Å². The molecule has 3 aliphatic carbocycles. The minimum atomic E-state index is -0.872. The van der Waals surface area contributed by atoms with Gasteiger partial charge in [0.25, 0.3) is 5.89 Å². The number of aliphatic carboxylic acids is 1. The summed E-state index contributed by atoms with van der Waals surface area (Å²) >= 11 is 1.60. The van der Waals surface area contributed by atoms with Gasteiger partial charge in [-0.05, 0) is 56.9 Å². The molecular formula is C22H27N3O4S. The second kappa shape index (κ2) is 8.13. The molecule has 0 bridgehead atoms. The maximum absolute atomic E-state index is 13.1. The summed E-state index contributed by atoms with van der Waals surface area (Å²) in [7, 11) is 0. The number of rotatable bonds is 5. The maximum Gasteiger partial charge on any atom is 0.307 e. The molecule has 8 heteroatoms. The quantitative estimate of drug-likeness (QED) is 0.663. The number of amides is 1. The lowest BCUT2D eigenvalue weighted by atomic mass is 9.79. The zero-order chi connectivity index (χ0) is 20.7. The molecule has 2 aromatic heterocycles. The van der Waals surface area contributed by atoms with E-state index in [1.807, 2.05) is 0 Å². The van der Waals surface area contributed by atoms with Crippen molar-refractivity contribution in [1.29, 1.82) is 0 Å². The van der Waals surface area contributed by atoms with E-state index in [0.29, 0.717) is 24.7 Å². The highest BCUT2D eigenvalue weighted by molar-refractivity contribution is 7.17. The first-order valence-electron chi connectivity index (χ1n) is 11.1. The highest BCUT2D eigenvalue weighted by Crippen LogP contribution is 2.45. The molecular weight excluding hydrogens is 402 g/mol. The van der Waals surface area contributed by atoms with Crippen LogP contribution >= 0.6 is 11.3 Å². The summed E-state index contributed by atoms with van der Waals surface area (Å²) in [6.07, 6.45) is 10.5. The van der Waals surface area contributed by atoms with E-state index in [-0.39, 0.29) is 5.91 Å². The van der Waals surface area contributed by atoms with Crippen LogP contribution in [0.15, 0.2) is 4.52 Å². The van der Waals surface area contributed by atoms with E-state index >= 15 is 0 Å². The molecule has 3 aliphatic rings. The van der Waals surface area contributed by atoms with Crippen molar-refractivity contribution in [2.24, 2.45) is 11.8 Å². The second-order valence-electron chi connectivity index (χ2n) is 8.83. The number of fused-ring (bicyclic) bond motifs is 1. The van der Waals surface area contributed by atoms with Crippen molar-refractivity contribution in [2.75, 3.05) is 5.32 Å². The van der Waals surface area contributed by atoms with Crippen LogP contribution in [0.5, 0.6) is 0 Å². The predicted molar refractivity (Wildman–Crippen MR) is 113 cm³/mol. The fourth-order valence-electron chi connectivity index (χ4n) is 4.85. The first kappa shape index (κ1) is 19.7. The molecule has 2 heterocycles. The fourth-order valence-corrected chi connectivity index (χ4v) is 6.13. The van der Waals surface area contributed by atoms with E-state index in [2.05, 4.69) is 15.5 Å². The number of nitrogens with one attached hydrogen (secondary N) is 1. The molecule has 7 nitrogen and oxygen atoms in total. The number of thiophene rings is 1. The van der Waals surface area contributed by atoms with Gasteiger partial charge < -0.3 is 14.9 Å². The predicted octanol–water partition coefficient (Wildman–Crippen LogP) is 4.77. The molecule has 0 aliphatic heterocycles. The van der Waals surface area contributed by atoms with Gasteiger partial charge in [-0.2, -0.15) is 4.98 Å². The van der Waals surface area contributed by atoms with Crippen LogP contribution in [0.1, 0.15) is 80.0 Å². The highest BCUT2D eigenvalue weighted by atomic mass is 32.1. The Hall–Kier alpha value is -2.22. The lowest BCUT2D eigenvalue weighted by Crippen LogP contribution is -2.36. The monoisotopic (exact) mass is 429 g/mol. The summed E-state index contributed by atoms with van der Waals surface area (Å²) in [5, 5.41) is 17.6. The van der Waals surface area contributed by atoms with Crippen LogP contribution in [0.25, 0.3) is 11.5 Å². The molecule has 2 fully saturated rings. The topological polar surface area (TPSA) is 105 Å². The number of carbonyl (C=O) groups excluding carboxylic acids is 1. The number of carboxylic acids is 1. The molecule has 2 saturated carbocycles. The van der Waals surface area contributed by atoms with Crippen LogP contribution in [-0.2, 0) is 22.4 Å². The third-order valence-corrected chi connectivity index (χ3v) is 7.88. The Balaban J connectivity index is 1.47. The van der Waals surface area contributed by atoms with Crippen LogP contribution in [0.3, 0.4) is 0 Å². The minimum Gasteiger partial charge on any atom is -0.481 e. The van der Waals surface area contributed by atoms with Gasteiger partial charge in [0, 0.05) is 10.8 Å². The number of aryl methyl sites for hydroxylation is 1. The average molecular weight is 430 g/mol. The van der Waals surface area contributed by atoms with Gasteiger partial charge in [0.05, 0.1) is 17.4 Å². The van der Waals surface area contributed by atoms with Crippen LogP contribution in [0.2, 0.25) is 0 Å². The third-order valence-electron chi connectivity index (χ3n) is 6.68. The molecule has 2 N–H and O–H groups in total. The van der Waals surface area contributed by atoms with Crippen LogP contribution in [0.4, 0.5) is 5.00 Å². The van der Waals surface area contributed by atoms with Crippen molar-refractivity contribution in [3.05, 3.63) is 16.3 Å². The minimum absolute atomic E-state index is 0.193. The molecule has 30 heavy (non-hydrogen) atoms. The number of aromatic nitrogens is 2. The summed E-state index contributed by atoms with van der Waals surface area (Å²) in [6, 6.07) is 0. The van der Waals surface area contributed by atoms with Gasteiger partial charge in [-0.1, -0.05) is 24.4 Å². The lowest BCUT2D eigenvalue weighted by molar-refractivity contribution is -0.147. The van der Waals surface area contributed by atoms with E-state index in [1.165, 1.54) is 16.9 Å². The highest BCUT2D eigenvalue weighted by Gasteiger charge is 2.37. The SMILES string of the molecule is O=C(O)[C@@H]1CCCC[C@H]1C(=O)Nc1sc2c(c1-c1nc(C3CC3)no1)CCCCC2. The maximum atomic E-state index is 13.1. The van der Waals surface area contributed by atoms with E-state index in [0.717, 1.165) is 67.8 Å². The number of nitrogens with zero attached hydrogens (tertiary/aromatic N) is 2. The standard InChI is InChI=1S/C22H27N3O4S/c26-19(13-6-4-5-7-14(13)22(27)28)24-21-17(15-8-2-1-3-9-16(15)30-21)20-23-18(25-29-20)12-10-11-12/h12-14H,1-11H2,(H,24,26)(H,27,28)/t13-,14-/m1/s1. The van der Waals surface area contributed by atoms with E-state index < -0.39 is 17.8 Å². The molecule has 0 aromatic carbocycles. The zero-order valence-corrected chi connectivity index (χ0v) is 17.8. The van der Waals surface area contributed by atoms with Crippen LogP contribution < -0.4 is 5.32 Å². The van der Waals surface area contributed by atoms with Gasteiger partial charge in [0.2, 0.25) is 5.91 Å². The van der Waals surface area contributed by atoms with E-state index in [1.54, 1.807) is 11.3 Å². The number of anilines is 1. The average Bonchev–Trinajstić information content (AvgIpc) is 3.45. The van der Waals surface area contributed by atoms with Crippen LogP contribution in [0, 0.1) is 11.8 Å². The summed E-state index contributed by atoms with van der Waals surface area (Å²) in [4.78, 5) is 30.7. The molecule has 2 atom stereocenters. The fraction of sp³-hybridized carbons (Fsp3) is 0.636. The Labute approximate surface area is 179 Å². The largest absolute Gasteiger partial charge is 0.481 e. The molecule has 0 unspecified atom stereocenters. The molecule has 160 valence electrons. The summed E-state index contributed by atoms with van der Waals surface area (Å²) in [5.74, 6) is -0.513. The van der Waals surface area contributed by atoms with Gasteiger partial charge in [0.1, 0.15) is 5.00 Å². The lowest BCUT2D eigenvalue weighted by Gasteiger charge is -2.27. The molecule has 0 spiro atoms. The third kappa shape index (κ3) is 3.77. The molecule has 5 rings (SSSR count). The zero-order valence-electron chi connectivity index (χ0n) is 17.0. The van der Waals surface area contributed by atoms with Gasteiger partial charge in [0.15, 0.2) is 5.82 Å². The Bertz CT molecular complexity index is 962. The van der Waals surface area contributed by atoms with Gasteiger partial charge in [-0.15, -0.1) is 11.3 Å². The van der Waals surface area contributed by atoms with E-state index in [4.69, 9.17) is 4.52 Å². The summed E-state index contributed by atoms with van der Waals surface area (Å²) < 4.78 is 5.64. The normalized spacial score (nSPS) is 24.1. The molecule has 0 saturated heterocycles. The van der Waals surface area contributed by atoms with Gasteiger partial charge in [-0.3, -0.25) is 9.59 Å². The Kier molecular flexibility index (Phi) is 5.35. The Morgan fingerprint density at radius 2 is 1.77 bits per heavy atom. The smallest absolute Gasteiger partial charge is 0.307 e. The molecule has 2 aromatic rings. The second-order valence-corrected chi connectivity index (χ2v) is 9.93. The summed E-state index contributed by atoms with van der Waals surface area (Å²) in [5.41, 5.74) is 2.09. The first-order valence-corrected chi connectivity index (χ1v) is 12.0. The molecule has 1 amide bonds. The van der Waals surface area contributed by atoms with Crippen molar-refractivity contribution in [2.45, 2.75) is 76.5 Å². The van der Waals surface area contributed by atoms with Crippen molar-refractivity contribution in [1.82, 2.24) is 10.1 Å².